The highest BCUT2D eigenvalue weighted by atomic mass is 79.9. The van der Waals surface area contributed by atoms with Crippen LogP contribution in [0.15, 0.2) is 40.9 Å². The van der Waals surface area contributed by atoms with E-state index in [2.05, 4.69) is 27.3 Å². The number of anilines is 1. The van der Waals surface area contributed by atoms with Crippen LogP contribution in [0.3, 0.4) is 0 Å². The maximum Gasteiger partial charge on any atom is 0.321 e. The fourth-order valence-electron chi connectivity index (χ4n) is 2.84. The van der Waals surface area contributed by atoms with E-state index in [1.54, 1.807) is 0 Å². The Bertz CT molecular complexity index is 648. The van der Waals surface area contributed by atoms with Gasteiger partial charge < -0.3 is 10.2 Å². The summed E-state index contributed by atoms with van der Waals surface area (Å²) in [7, 11) is 0. The molecule has 0 aromatic heterocycles. The maximum atomic E-state index is 12.5. The highest BCUT2D eigenvalue weighted by Gasteiger charge is 2.16. The Morgan fingerprint density at radius 3 is 2.33 bits per heavy atom. The molecule has 2 amide bonds. The second kappa shape index (κ2) is 6.48. The molecular formula is C17H19BrN2O. The number of benzene rings is 2. The van der Waals surface area contributed by atoms with Crippen LogP contribution in [0.2, 0.25) is 0 Å². The predicted molar refractivity (Wildman–Crippen MR) is 90.7 cm³/mol. The third-order valence-electron chi connectivity index (χ3n) is 4.01. The number of likely N-dealkylation sites (tertiary alicyclic amines) is 1. The van der Waals surface area contributed by atoms with Crippen LogP contribution < -0.4 is 5.32 Å². The molecule has 1 heterocycles. The van der Waals surface area contributed by atoms with Crippen molar-refractivity contribution in [1.82, 2.24) is 4.90 Å². The van der Waals surface area contributed by atoms with E-state index >= 15 is 0 Å². The fraction of sp³-hybridized carbons (Fsp3) is 0.353. The largest absolute Gasteiger partial charge is 0.325 e. The number of carbonyl (C=O) groups excluding carboxylic acids is 1. The molecule has 0 bridgehead atoms. The number of nitrogens with zero attached hydrogens (tertiary/aromatic N) is 1. The lowest BCUT2D eigenvalue weighted by Crippen LogP contribution is -2.35. The minimum atomic E-state index is 0.0179. The van der Waals surface area contributed by atoms with Gasteiger partial charge in [-0.25, -0.2) is 4.79 Å². The smallest absolute Gasteiger partial charge is 0.321 e. The van der Waals surface area contributed by atoms with Gasteiger partial charge in [-0.15, -0.1) is 0 Å². The molecule has 0 unspecified atom stereocenters. The van der Waals surface area contributed by atoms with Gasteiger partial charge in [-0.1, -0.05) is 53.0 Å². The van der Waals surface area contributed by atoms with E-state index in [1.807, 2.05) is 35.2 Å². The molecule has 1 fully saturated rings. The van der Waals surface area contributed by atoms with Crippen LogP contribution >= 0.6 is 15.9 Å². The van der Waals surface area contributed by atoms with Crippen molar-refractivity contribution in [3.05, 3.63) is 40.9 Å². The van der Waals surface area contributed by atoms with Gasteiger partial charge in [0.1, 0.15) is 0 Å². The first-order chi connectivity index (χ1) is 10.3. The molecule has 2 aromatic carbocycles. The Balaban J connectivity index is 1.84. The molecule has 21 heavy (non-hydrogen) atoms. The first-order valence-electron chi connectivity index (χ1n) is 7.49. The van der Waals surface area contributed by atoms with Gasteiger partial charge in [-0.3, -0.25) is 0 Å². The summed E-state index contributed by atoms with van der Waals surface area (Å²) >= 11 is 3.56. The van der Waals surface area contributed by atoms with Crippen LogP contribution in [0, 0.1) is 0 Å². The molecule has 0 aliphatic carbocycles. The molecule has 0 atom stereocenters. The van der Waals surface area contributed by atoms with Gasteiger partial charge >= 0.3 is 6.03 Å². The Morgan fingerprint density at radius 2 is 1.62 bits per heavy atom. The number of hydrogen-bond donors (Lipinski definition) is 1. The lowest BCUT2D eigenvalue weighted by Gasteiger charge is -2.21. The second-order valence-electron chi connectivity index (χ2n) is 5.47. The van der Waals surface area contributed by atoms with Gasteiger partial charge in [-0.2, -0.15) is 0 Å². The van der Waals surface area contributed by atoms with Crippen molar-refractivity contribution in [2.75, 3.05) is 18.4 Å². The number of amides is 2. The van der Waals surface area contributed by atoms with E-state index in [-0.39, 0.29) is 6.03 Å². The lowest BCUT2D eigenvalue weighted by molar-refractivity contribution is 0.214. The van der Waals surface area contributed by atoms with E-state index in [0.29, 0.717) is 0 Å². The maximum absolute atomic E-state index is 12.5. The molecule has 1 saturated heterocycles. The van der Waals surface area contributed by atoms with Crippen LogP contribution in [0.25, 0.3) is 10.8 Å². The minimum absolute atomic E-state index is 0.0179. The highest BCUT2D eigenvalue weighted by Crippen LogP contribution is 2.30. The molecule has 1 N–H and O–H groups in total. The Kier molecular flexibility index (Phi) is 4.44. The number of urea groups is 1. The summed E-state index contributed by atoms with van der Waals surface area (Å²) in [5.41, 5.74) is 0.878. The van der Waals surface area contributed by atoms with Crippen LogP contribution in [0.5, 0.6) is 0 Å². The normalized spacial score (nSPS) is 15.8. The van der Waals surface area contributed by atoms with Crippen molar-refractivity contribution in [3.63, 3.8) is 0 Å². The Morgan fingerprint density at radius 1 is 0.952 bits per heavy atom. The van der Waals surface area contributed by atoms with Crippen molar-refractivity contribution in [2.45, 2.75) is 25.7 Å². The number of hydrogen-bond acceptors (Lipinski definition) is 1. The fourth-order valence-corrected chi connectivity index (χ4v) is 3.32. The molecule has 0 saturated carbocycles. The zero-order valence-corrected chi connectivity index (χ0v) is 13.5. The lowest BCUT2D eigenvalue weighted by atomic mass is 10.1. The standard InChI is InChI=1S/C17H19BrN2O/c18-15-9-10-16(14-8-4-3-7-13(14)15)19-17(21)20-11-5-1-2-6-12-20/h3-4,7-10H,1-2,5-6,11-12H2,(H,19,21). The molecule has 1 aliphatic heterocycles. The monoisotopic (exact) mass is 346 g/mol. The molecule has 1 aliphatic rings. The van der Waals surface area contributed by atoms with Crippen molar-refractivity contribution >= 4 is 38.4 Å². The summed E-state index contributed by atoms with van der Waals surface area (Å²) in [4.78, 5) is 14.4. The van der Waals surface area contributed by atoms with Gasteiger partial charge in [0, 0.05) is 22.9 Å². The minimum Gasteiger partial charge on any atom is -0.325 e. The first-order valence-corrected chi connectivity index (χ1v) is 8.28. The van der Waals surface area contributed by atoms with Crippen molar-refractivity contribution in [3.8, 4) is 0 Å². The SMILES string of the molecule is O=C(Nc1ccc(Br)c2ccccc12)N1CCCCCC1. The van der Waals surface area contributed by atoms with Crippen molar-refractivity contribution < 1.29 is 4.79 Å². The topological polar surface area (TPSA) is 32.3 Å². The summed E-state index contributed by atoms with van der Waals surface area (Å²) in [5, 5.41) is 5.26. The zero-order chi connectivity index (χ0) is 14.7. The number of halogens is 1. The zero-order valence-electron chi connectivity index (χ0n) is 11.9. The van der Waals surface area contributed by atoms with Gasteiger partial charge in [0.05, 0.1) is 5.69 Å². The van der Waals surface area contributed by atoms with E-state index in [9.17, 15) is 4.79 Å². The summed E-state index contributed by atoms with van der Waals surface area (Å²) in [6, 6.07) is 12.1. The molecule has 3 nitrogen and oxygen atoms in total. The van der Waals surface area contributed by atoms with Crippen LogP contribution in [0.1, 0.15) is 25.7 Å². The number of carbonyl (C=O) groups is 1. The average Bonchev–Trinajstić information content (AvgIpc) is 2.79. The molecule has 2 aromatic rings. The summed E-state index contributed by atoms with van der Waals surface area (Å²) < 4.78 is 1.05. The summed E-state index contributed by atoms with van der Waals surface area (Å²) in [5.74, 6) is 0. The Labute approximate surface area is 133 Å². The van der Waals surface area contributed by atoms with E-state index in [1.165, 1.54) is 12.8 Å². The van der Waals surface area contributed by atoms with Gasteiger partial charge in [0.2, 0.25) is 0 Å². The second-order valence-corrected chi connectivity index (χ2v) is 6.33. The van der Waals surface area contributed by atoms with Crippen LogP contribution in [-0.4, -0.2) is 24.0 Å². The van der Waals surface area contributed by atoms with Crippen molar-refractivity contribution in [2.24, 2.45) is 0 Å². The van der Waals surface area contributed by atoms with Crippen molar-refractivity contribution in [1.29, 1.82) is 0 Å². The molecule has 110 valence electrons. The Hall–Kier alpha value is -1.55. The molecule has 0 radical (unpaired) electrons. The molecular weight excluding hydrogens is 328 g/mol. The summed E-state index contributed by atoms with van der Waals surface area (Å²) in [6.07, 6.45) is 4.67. The van der Waals surface area contributed by atoms with Gasteiger partial charge in [-0.05, 0) is 30.4 Å². The van der Waals surface area contributed by atoms with E-state index in [4.69, 9.17) is 0 Å². The summed E-state index contributed by atoms with van der Waals surface area (Å²) in [6.45, 7) is 1.72. The highest BCUT2D eigenvalue weighted by molar-refractivity contribution is 9.10. The quantitative estimate of drug-likeness (QED) is 0.773. The molecule has 4 heteroatoms. The number of fused-ring (bicyclic) bond motifs is 1. The van der Waals surface area contributed by atoms with Crippen LogP contribution in [0.4, 0.5) is 10.5 Å². The molecule has 3 rings (SSSR count). The average molecular weight is 347 g/mol. The third-order valence-corrected chi connectivity index (χ3v) is 4.70. The van der Waals surface area contributed by atoms with Crippen LogP contribution in [-0.2, 0) is 0 Å². The van der Waals surface area contributed by atoms with E-state index in [0.717, 1.165) is 46.9 Å². The van der Waals surface area contributed by atoms with Gasteiger partial charge in [0.25, 0.3) is 0 Å². The first kappa shape index (κ1) is 14.4. The third kappa shape index (κ3) is 3.21. The van der Waals surface area contributed by atoms with Gasteiger partial charge in [0.15, 0.2) is 0 Å². The molecule has 0 spiro atoms. The number of rotatable bonds is 1. The number of nitrogens with one attached hydrogen (secondary N) is 1. The predicted octanol–water partition coefficient (Wildman–Crippen LogP) is 5.01. The van der Waals surface area contributed by atoms with E-state index < -0.39 is 0 Å².